The molecule has 0 unspecified atom stereocenters. The second-order valence-corrected chi connectivity index (χ2v) is 16.1. The lowest BCUT2D eigenvalue weighted by Crippen LogP contribution is -2.51. The van der Waals surface area contributed by atoms with Crippen molar-refractivity contribution in [3.05, 3.63) is 58.1 Å². The fraction of sp³-hybridized carbons (Fsp3) is 0.559. The lowest BCUT2D eigenvalue weighted by Gasteiger charge is -2.39. The molecule has 0 saturated carbocycles. The molecule has 0 aromatic heterocycles. The molecule has 2 aromatic rings. The highest BCUT2D eigenvalue weighted by molar-refractivity contribution is 7.89. The minimum Gasteiger partial charge on any atom is -0.397 e. The molecular formula is C34H42ClF3N6O5S. The van der Waals surface area contributed by atoms with E-state index in [4.69, 9.17) is 17.3 Å². The molecular weight excluding hydrogens is 697 g/mol. The molecule has 2 aromatic carbocycles. The van der Waals surface area contributed by atoms with E-state index in [9.17, 15) is 36.0 Å². The number of hydrogen-bond acceptors (Lipinski definition) is 6. The second-order valence-electron chi connectivity index (χ2n) is 13.6. The Labute approximate surface area is 294 Å². The molecule has 0 radical (unpaired) electrons. The molecule has 0 spiro atoms. The summed E-state index contributed by atoms with van der Waals surface area (Å²) in [6.45, 7) is 2.26. The SMILES string of the molecule is Nc1c(Cl)cc(C[C@@H](CC(=O)N2CCC(N3CCc4ccccc4NC3=O)CC2)C(=O)N2CCC(N3CCCS3(=O)=O)CC2)cc1C(F)(F)F. The number of rotatable bonds is 7. The monoisotopic (exact) mass is 738 g/mol. The van der Waals surface area contributed by atoms with Crippen molar-refractivity contribution in [2.24, 2.45) is 5.92 Å². The van der Waals surface area contributed by atoms with E-state index in [2.05, 4.69) is 5.32 Å². The van der Waals surface area contributed by atoms with Gasteiger partial charge < -0.3 is 25.8 Å². The number of nitrogens with zero attached hydrogens (tertiary/aromatic N) is 4. The van der Waals surface area contributed by atoms with Crippen LogP contribution in [-0.2, 0) is 38.6 Å². The smallest absolute Gasteiger partial charge is 0.397 e. The average Bonchev–Trinajstić information content (AvgIpc) is 3.35. The zero-order valence-corrected chi connectivity index (χ0v) is 29.2. The molecule has 0 aliphatic carbocycles. The van der Waals surface area contributed by atoms with Crippen LogP contribution >= 0.6 is 11.6 Å². The Balaban J connectivity index is 1.14. The highest BCUT2D eigenvalue weighted by Gasteiger charge is 2.40. The Kier molecular flexibility index (Phi) is 10.6. The molecule has 50 heavy (non-hydrogen) atoms. The highest BCUT2D eigenvalue weighted by Crippen LogP contribution is 2.39. The second kappa shape index (κ2) is 14.6. The number of alkyl halides is 3. The molecule has 11 nitrogen and oxygen atoms in total. The van der Waals surface area contributed by atoms with Gasteiger partial charge in [-0.05, 0) is 74.3 Å². The van der Waals surface area contributed by atoms with E-state index >= 15 is 0 Å². The fourth-order valence-electron chi connectivity index (χ4n) is 7.76. The Bertz CT molecular complexity index is 1730. The van der Waals surface area contributed by atoms with E-state index in [1.807, 2.05) is 29.2 Å². The van der Waals surface area contributed by atoms with Crippen molar-refractivity contribution in [2.45, 2.75) is 69.6 Å². The van der Waals surface area contributed by atoms with E-state index in [-0.39, 0.29) is 72.2 Å². The number of amides is 4. The maximum absolute atomic E-state index is 14.0. The zero-order valence-electron chi connectivity index (χ0n) is 27.6. The average molecular weight is 739 g/mol. The Hall–Kier alpha value is -3.56. The number of nitrogen functional groups attached to an aromatic ring is 1. The molecule has 6 rings (SSSR count). The number of sulfonamides is 1. The molecule has 4 aliphatic rings. The van der Waals surface area contributed by atoms with Gasteiger partial charge in [0.25, 0.3) is 0 Å². The van der Waals surface area contributed by atoms with Crippen LogP contribution in [0.4, 0.5) is 29.3 Å². The number of urea groups is 1. The summed E-state index contributed by atoms with van der Waals surface area (Å²) in [6, 6.07) is 9.36. The van der Waals surface area contributed by atoms with Crippen molar-refractivity contribution < 1.29 is 36.0 Å². The lowest BCUT2D eigenvalue weighted by atomic mass is 9.91. The first kappa shape index (κ1) is 36.2. The maximum Gasteiger partial charge on any atom is 0.418 e. The number of anilines is 2. The number of para-hydroxylation sites is 1. The Morgan fingerprint density at radius 2 is 1.62 bits per heavy atom. The first-order valence-electron chi connectivity index (χ1n) is 17.1. The van der Waals surface area contributed by atoms with Crippen LogP contribution in [0.3, 0.4) is 0 Å². The number of piperidine rings is 2. The number of carbonyl (C=O) groups excluding carboxylic acids is 3. The van der Waals surface area contributed by atoms with E-state index in [0.717, 1.165) is 17.3 Å². The number of carbonyl (C=O) groups is 3. The van der Waals surface area contributed by atoms with Crippen molar-refractivity contribution in [2.75, 3.05) is 56.1 Å². The zero-order chi connectivity index (χ0) is 35.8. The number of nitrogens with one attached hydrogen (secondary N) is 1. The van der Waals surface area contributed by atoms with Gasteiger partial charge in [-0.15, -0.1) is 0 Å². The minimum absolute atomic E-state index is 0.0794. The van der Waals surface area contributed by atoms with Crippen molar-refractivity contribution in [3.63, 3.8) is 0 Å². The van der Waals surface area contributed by atoms with Crippen LogP contribution in [0.25, 0.3) is 0 Å². The number of nitrogens with two attached hydrogens (primary N) is 1. The summed E-state index contributed by atoms with van der Waals surface area (Å²) < 4.78 is 67.9. The van der Waals surface area contributed by atoms with Gasteiger partial charge in [0.15, 0.2) is 0 Å². The van der Waals surface area contributed by atoms with Crippen LogP contribution in [0, 0.1) is 5.92 Å². The highest BCUT2D eigenvalue weighted by atomic mass is 35.5. The molecule has 4 amide bonds. The van der Waals surface area contributed by atoms with Gasteiger partial charge in [0.2, 0.25) is 21.8 Å². The van der Waals surface area contributed by atoms with Gasteiger partial charge in [0.05, 0.1) is 27.9 Å². The predicted octanol–water partition coefficient (Wildman–Crippen LogP) is 4.60. The summed E-state index contributed by atoms with van der Waals surface area (Å²) in [6.07, 6.45) is -1.95. The third-order valence-electron chi connectivity index (χ3n) is 10.5. The van der Waals surface area contributed by atoms with E-state index in [0.29, 0.717) is 64.7 Å². The molecule has 0 bridgehead atoms. The van der Waals surface area contributed by atoms with Crippen LogP contribution in [0.15, 0.2) is 36.4 Å². The molecule has 3 saturated heterocycles. The van der Waals surface area contributed by atoms with Gasteiger partial charge in [-0.2, -0.15) is 17.5 Å². The largest absolute Gasteiger partial charge is 0.418 e. The number of likely N-dealkylation sites (tertiary alicyclic amines) is 2. The van der Waals surface area contributed by atoms with Crippen molar-refractivity contribution in [3.8, 4) is 0 Å². The summed E-state index contributed by atoms with van der Waals surface area (Å²) in [7, 11) is -3.32. The molecule has 3 fully saturated rings. The summed E-state index contributed by atoms with van der Waals surface area (Å²) in [5, 5.41) is 2.69. The van der Waals surface area contributed by atoms with Gasteiger partial charge in [0, 0.05) is 63.5 Å². The minimum atomic E-state index is -4.77. The van der Waals surface area contributed by atoms with Gasteiger partial charge in [0.1, 0.15) is 0 Å². The normalized spacial score (nSPS) is 21.4. The molecule has 16 heteroatoms. The van der Waals surface area contributed by atoms with Crippen molar-refractivity contribution >= 4 is 50.8 Å². The summed E-state index contributed by atoms with van der Waals surface area (Å²) in [4.78, 5) is 45.9. The van der Waals surface area contributed by atoms with Crippen LogP contribution in [0.5, 0.6) is 0 Å². The van der Waals surface area contributed by atoms with Crippen molar-refractivity contribution in [1.29, 1.82) is 0 Å². The summed E-state index contributed by atoms with van der Waals surface area (Å²) >= 11 is 6.11. The van der Waals surface area contributed by atoms with Gasteiger partial charge >= 0.3 is 12.2 Å². The van der Waals surface area contributed by atoms with Gasteiger partial charge in [-0.3, -0.25) is 9.59 Å². The van der Waals surface area contributed by atoms with Crippen LogP contribution < -0.4 is 11.1 Å². The summed E-state index contributed by atoms with van der Waals surface area (Å²) in [5.41, 5.74) is 5.92. The van der Waals surface area contributed by atoms with Crippen LogP contribution in [0.2, 0.25) is 5.02 Å². The van der Waals surface area contributed by atoms with Crippen molar-refractivity contribution in [1.82, 2.24) is 19.0 Å². The lowest BCUT2D eigenvalue weighted by molar-refractivity contribution is -0.142. The van der Waals surface area contributed by atoms with E-state index in [1.54, 1.807) is 9.80 Å². The molecule has 3 N–H and O–H groups in total. The van der Waals surface area contributed by atoms with E-state index in [1.165, 1.54) is 10.4 Å². The number of hydrogen-bond donors (Lipinski definition) is 2. The quantitative estimate of drug-likeness (QED) is 0.399. The fourth-order valence-corrected chi connectivity index (χ4v) is 9.81. The molecule has 1 atom stereocenters. The Morgan fingerprint density at radius 1 is 0.960 bits per heavy atom. The molecule has 4 aliphatic heterocycles. The molecule has 4 heterocycles. The van der Waals surface area contributed by atoms with Gasteiger partial charge in [-0.1, -0.05) is 29.8 Å². The topological polar surface area (TPSA) is 136 Å². The van der Waals surface area contributed by atoms with Crippen LogP contribution in [0.1, 0.15) is 55.2 Å². The number of fused-ring (bicyclic) bond motifs is 1. The summed E-state index contributed by atoms with van der Waals surface area (Å²) in [5.74, 6) is -1.55. The number of benzene rings is 2. The Morgan fingerprint density at radius 3 is 2.28 bits per heavy atom. The van der Waals surface area contributed by atoms with Crippen LogP contribution in [-0.4, -0.2) is 102 Å². The first-order valence-corrected chi connectivity index (χ1v) is 19.1. The first-order chi connectivity index (χ1) is 23.7. The maximum atomic E-state index is 14.0. The number of halogens is 4. The molecule has 272 valence electrons. The third-order valence-corrected chi connectivity index (χ3v) is 12.8. The third kappa shape index (κ3) is 7.84. The predicted molar refractivity (Wildman–Crippen MR) is 183 cm³/mol. The van der Waals surface area contributed by atoms with Gasteiger partial charge in [-0.25, -0.2) is 13.2 Å². The standard InChI is InChI=1S/C34H42ClF3N6O5S/c35-28-20-22(19-27(31(28)39)34(36,37)38)18-24(32(46)42-14-9-26(10-15-42)44-11-3-17-50(44,48)49)21-30(45)41-12-7-25(8-13-41)43-16-6-23-4-1-2-5-29(23)40-33(43)47/h1-2,4-5,19-20,24-26H,3,6-18,21,39H2,(H,40,47)/t24-/m0/s1. The van der Waals surface area contributed by atoms with E-state index < -0.39 is 33.4 Å².